The second-order valence-electron chi connectivity index (χ2n) is 3.94. The first-order chi connectivity index (χ1) is 8.49. The SMILES string of the molecule is CN(CC(=O)O)n1ccc(=O)c2cc(S)ccc21. The minimum Gasteiger partial charge on any atom is -0.480 e. The van der Waals surface area contributed by atoms with Crippen LogP contribution in [-0.2, 0) is 4.79 Å². The Hall–Kier alpha value is -1.95. The standard InChI is InChI=1S/C12H12N2O3S/c1-13(7-12(16)17)14-5-4-11(15)9-6-8(18)2-3-10(9)14/h2-6,18H,7H2,1H3,(H,16,17). The quantitative estimate of drug-likeness (QED) is 0.810. The van der Waals surface area contributed by atoms with E-state index in [2.05, 4.69) is 12.6 Å². The number of hydrogen-bond acceptors (Lipinski definition) is 4. The van der Waals surface area contributed by atoms with Gasteiger partial charge in [-0.25, -0.2) is 0 Å². The number of aliphatic carboxylic acids is 1. The average Bonchev–Trinajstić information content (AvgIpc) is 2.29. The van der Waals surface area contributed by atoms with Crippen LogP contribution in [0.3, 0.4) is 0 Å². The Balaban J connectivity index is 2.62. The van der Waals surface area contributed by atoms with Gasteiger partial charge in [0.05, 0.1) is 5.52 Å². The largest absolute Gasteiger partial charge is 0.480 e. The maximum absolute atomic E-state index is 11.7. The van der Waals surface area contributed by atoms with Crippen LogP contribution in [0.4, 0.5) is 0 Å². The third kappa shape index (κ3) is 2.33. The van der Waals surface area contributed by atoms with Crippen molar-refractivity contribution >= 4 is 29.5 Å². The molecule has 1 N–H and O–H groups in total. The monoisotopic (exact) mass is 264 g/mol. The zero-order valence-corrected chi connectivity index (χ0v) is 10.6. The molecule has 2 aromatic rings. The summed E-state index contributed by atoms with van der Waals surface area (Å²) >= 11 is 4.19. The molecule has 6 heteroatoms. The molecule has 0 fully saturated rings. The van der Waals surface area contributed by atoms with Crippen LogP contribution in [0.1, 0.15) is 0 Å². The fourth-order valence-electron chi connectivity index (χ4n) is 1.80. The Morgan fingerprint density at radius 1 is 1.44 bits per heavy atom. The second kappa shape index (κ2) is 4.73. The molecule has 18 heavy (non-hydrogen) atoms. The molecular formula is C12H12N2O3S. The average molecular weight is 264 g/mol. The van der Waals surface area contributed by atoms with Crippen molar-refractivity contribution in [1.82, 2.24) is 4.68 Å². The van der Waals surface area contributed by atoms with E-state index in [1.165, 1.54) is 11.1 Å². The van der Waals surface area contributed by atoms with Crippen molar-refractivity contribution in [3.63, 3.8) is 0 Å². The summed E-state index contributed by atoms with van der Waals surface area (Å²) in [5.41, 5.74) is 0.546. The van der Waals surface area contributed by atoms with Gasteiger partial charge in [-0.3, -0.25) is 14.3 Å². The fourth-order valence-corrected chi connectivity index (χ4v) is 2.00. The molecule has 1 heterocycles. The Morgan fingerprint density at radius 3 is 2.83 bits per heavy atom. The zero-order valence-electron chi connectivity index (χ0n) is 9.70. The van der Waals surface area contributed by atoms with Gasteiger partial charge < -0.3 is 10.1 Å². The number of benzene rings is 1. The summed E-state index contributed by atoms with van der Waals surface area (Å²) in [6.45, 7) is -0.152. The molecule has 0 aliphatic rings. The highest BCUT2D eigenvalue weighted by Gasteiger charge is 2.08. The van der Waals surface area contributed by atoms with Gasteiger partial charge in [-0.2, -0.15) is 0 Å². The number of carboxylic acid groups (broad SMARTS) is 1. The van der Waals surface area contributed by atoms with Crippen molar-refractivity contribution in [2.45, 2.75) is 4.90 Å². The molecule has 0 saturated heterocycles. The molecule has 1 aromatic carbocycles. The summed E-state index contributed by atoms with van der Waals surface area (Å²) in [7, 11) is 1.65. The Kier molecular flexibility index (Phi) is 3.29. The van der Waals surface area contributed by atoms with E-state index in [0.717, 1.165) is 0 Å². The number of pyridine rings is 1. The van der Waals surface area contributed by atoms with Crippen LogP contribution in [-0.4, -0.2) is 29.3 Å². The Bertz CT molecular complexity index is 666. The van der Waals surface area contributed by atoms with Crippen LogP contribution < -0.4 is 10.4 Å². The smallest absolute Gasteiger partial charge is 0.324 e. The van der Waals surface area contributed by atoms with Gasteiger partial charge in [0.1, 0.15) is 6.54 Å². The van der Waals surface area contributed by atoms with Gasteiger partial charge in [-0.15, -0.1) is 12.6 Å². The fraction of sp³-hybridized carbons (Fsp3) is 0.167. The van der Waals surface area contributed by atoms with Gasteiger partial charge in [0.15, 0.2) is 5.43 Å². The van der Waals surface area contributed by atoms with Gasteiger partial charge in [-0.05, 0) is 18.2 Å². The number of carboxylic acids is 1. The van der Waals surface area contributed by atoms with E-state index < -0.39 is 5.97 Å². The predicted molar refractivity (Wildman–Crippen MR) is 72.1 cm³/mol. The molecule has 0 unspecified atom stereocenters. The molecule has 2 rings (SSSR count). The molecule has 0 bridgehead atoms. The number of thiol groups is 1. The highest BCUT2D eigenvalue weighted by Crippen LogP contribution is 2.15. The number of aromatic nitrogens is 1. The highest BCUT2D eigenvalue weighted by molar-refractivity contribution is 7.80. The lowest BCUT2D eigenvalue weighted by Gasteiger charge is -2.22. The van der Waals surface area contributed by atoms with Crippen molar-refractivity contribution in [2.24, 2.45) is 0 Å². The van der Waals surface area contributed by atoms with Gasteiger partial charge in [0.2, 0.25) is 0 Å². The van der Waals surface area contributed by atoms with Crippen molar-refractivity contribution in [2.75, 3.05) is 18.6 Å². The third-order valence-electron chi connectivity index (χ3n) is 2.59. The van der Waals surface area contributed by atoms with Gasteiger partial charge in [0, 0.05) is 29.6 Å². The predicted octanol–water partition coefficient (Wildman–Crippen LogP) is 0.943. The first-order valence-electron chi connectivity index (χ1n) is 5.26. The van der Waals surface area contributed by atoms with Crippen molar-refractivity contribution in [3.8, 4) is 0 Å². The van der Waals surface area contributed by atoms with E-state index in [4.69, 9.17) is 5.11 Å². The number of likely N-dealkylation sites (N-methyl/N-ethyl adjacent to an activating group) is 1. The molecule has 0 radical (unpaired) electrons. The summed E-state index contributed by atoms with van der Waals surface area (Å²) < 4.78 is 1.64. The second-order valence-corrected chi connectivity index (χ2v) is 4.45. The normalized spacial score (nSPS) is 10.6. The summed E-state index contributed by atoms with van der Waals surface area (Å²) in [4.78, 5) is 23.1. The molecule has 0 atom stereocenters. The van der Waals surface area contributed by atoms with Gasteiger partial charge in [-0.1, -0.05) is 0 Å². The molecule has 0 aliphatic carbocycles. The summed E-state index contributed by atoms with van der Waals surface area (Å²) in [6.07, 6.45) is 1.56. The summed E-state index contributed by atoms with van der Waals surface area (Å²) in [6, 6.07) is 6.59. The van der Waals surface area contributed by atoms with Crippen LogP contribution in [0.15, 0.2) is 40.2 Å². The number of carbonyl (C=O) groups is 1. The summed E-state index contributed by atoms with van der Waals surface area (Å²) in [5, 5.41) is 10.8. The van der Waals surface area contributed by atoms with Crippen LogP contribution in [0.2, 0.25) is 0 Å². The summed E-state index contributed by atoms with van der Waals surface area (Å²) in [5.74, 6) is -0.935. The highest BCUT2D eigenvalue weighted by atomic mass is 32.1. The lowest BCUT2D eigenvalue weighted by molar-refractivity contribution is -0.135. The van der Waals surface area contributed by atoms with Crippen molar-refractivity contribution in [1.29, 1.82) is 0 Å². The minimum atomic E-state index is -0.935. The van der Waals surface area contributed by atoms with E-state index in [0.29, 0.717) is 15.8 Å². The molecule has 0 saturated carbocycles. The van der Waals surface area contributed by atoms with Crippen LogP contribution in [0.5, 0.6) is 0 Å². The number of hydrogen-bond donors (Lipinski definition) is 2. The van der Waals surface area contributed by atoms with E-state index in [1.54, 1.807) is 36.1 Å². The lowest BCUT2D eigenvalue weighted by atomic mass is 10.2. The number of nitrogens with zero attached hydrogens (tertiary/aromatic N) is 2. The maximum Gasteiger partial charge on any atom is 0.324 e. The van der Waals surface area contributed by atoms with E-state index in [1.807, 2.05) is 0 Å². The molecule has 94 valence electrons. The van der Waals surface area contributed by atoms with Crippen molar-refractivity contribution in [3.05, 3.63) is 40.7 Å². The minimum absolute atomic E-state index is 0.110. The van der Waals surface area contributed by atoms with E-state index in [9.17, 15) is 9.59 Å². The molecule has 5 nitrogen and oxygen atoms in total. The molecule has 0 amide bonds. The zero-order chi connectivity index (χ0) is 13.3. The maximum atomic E-state index is 11.7. The topological polar surface area (TPSA) is 62.5 Å². The molecule has 0 aliphatic heterocycles. The van der Waals surface area contributed by atoms with Crippen molar-refractivity contribution < 1.29 is 9.90 Å². The van der Waals surface area contributed by atoms with E-state index >= 15 is 0 Å². The first kappa shape index (κ1) is 12.5. The van der Waals surface area contributed by atoms with Crippen LogP contribution in [0.25, 0.3) is 10.9 Å². The molecular weight excluding hydrogens is 252 g/mol. The van der Waals surface area contributed by atoms with Crippen LogP contribution >= 0.6 is 12.6 Å². The Morgan fingerprint density at radius 2 is 2.17 bits per heavy atom. The number of fused-ring (bicyclic) bond motifs is 1. The van der Waals surface area contributed by atoms with Crippen LogP contribution in [0, 0.1) is 0 Å². The third-order valence-corrected chi connectivity index (χ3v) is 2.87. The van der Waals surface area contributed by atoms with Gasteiger partial charge >= 0.3 is 5.97 Å². The van der Waals surface area contributed by atoms with Gasteiger partial charge in [0.25, 0.3) is 0 Å². The lowest BCUT2D eigenvalue weighted by Crippen LogP contribution is -2.35. The number of rotatable bonds is 3. The first-order valence-corrected chi connectivity index (χ1v) is 5.71. The molecule has 0 spiro atoms. The van der Waals surface area contributed by atoms with E-state index in [-0.39, 0.29) is 12.0 Å². The molecule has 1 aromatic heterocycles. The Labute approximate surface area is 109 Å².